The first-order chi connectivity index (χ1) is 15.3. The van der Waals surface area contributed by atoms with Gasteiger partial charge in [0.2, 0.25) is 0 Å². The van der Waals surface area contributed by atoms with E-state index < -0.39 is 0 Å². The van der Waals surface area contributed by atoms with Crippen LogP contribution in [-0.4, -0.2) is 38.2 Å². The summed E-state index contributed by atoms with van der Waals surface area (Å²) in [7, 11) is 0. The highest BCUT2D eigenvalue weighted by atomic mass is 16.1. The highest BCUT2D eigenvalue weighted by Gasteiger charge is 2.22. The fraction of sp³-hybridized carbons (Fsp3) is 0.440. The second-order valence-electron chi connectivity index (χ2n) is 9.00. The molecule has 0 spiro atoms. The van der Waals surface area contributed by atoms with E-state index in [0.29, 0.717) is 6.54 Å². The van der Waals surface area contributed by atoms with Crippen molar-refractivity contribution in [1.82, 2.24) is 19.4 Å². The number of fused-ring (bicyclic) bond motifs is 1. The van der Waals surface area contributed by atoms with Gasteiger partial charge < -0.3 is 4.57 Å². The minimum atomic E-state index is 0.173. The molecule has 1 aromatic carbocycles. The predicted molar refractivity (Wildman–Crippen MR) is 122 cm³/mol. The van der Waals surface area contributed by atoms with Crippen molar-refractivity contribution in [3.63, 3.8) is 0 Å². The van der Waals surface area contributed by atoms with Crippen molar-refractivity contribution in [3.8, 4) is 0 Å². The Morgan fingerprint density at radius 2 is 1.97 bits per heavy atom. The maximum atomic E-state index is 13.2. The van der Waals surface area contributed by atoms with Crippen molar-refractivity contribution in [1.29, 1.82) is 0 Å². The molecule has 0 atom stereocenters. The highest BCUT2D eigenvalue weighted by molar-refractivity contribution is 5.97. The van der Waals surface area contributed by atoms with Crippen molar-refractivity contribution in [2.24, 2.45) is 4.99 Å². The van der Waals surface area contributed by atoms with Gasteiger partial charge in [-0.1, -0.05) is 18.2 Å². The fourth-order valence-corrected chi connectivity index (χ4v) is 5.31. The minimum absolute atomic E-state index is 0.173. The van der Waals surface area contributed by atoms with E-state index in [1.54, 1.807) is 0 Å². The summed E-state index contributed by atoms with van der Waals surface area (Å²) in [5, 5.41) is 1.19. The molecular weight excluding hydrogens is 386 g/mol. The Bertz CT molecular complexity index is 1260. The zero-order chi connectivity index (χ0) is 20.8. The third-order valence-electron chi connectivity index (χ3n) is 6.89. The lowest BCUT2D eigenvalue weighted by Crippen LogP contribution is -2.35. The van der Waals surface area contributed by atoms with E-state index in [1.807, 2.05) is 10.8 Å². The van der Waals surface area contributed by atoms with Crippen molar-refractivity contribution in [3.05, 3.63) is 69.0 Å². The van der Waals surface area contributed by atoms with Crippen LogP contribution in [0.1, 0.15) is 53.9 Å². The molecule has 3 aromatic rings. The number of hydrogen-bond acceptors (Lipinski definition) is 5. The van der Waals surface area contributed by atoms with Gasteiger partial charge >= 0.3 is 0 Å². The molecule has 2 aromatic heterocycles. The predicted octanol–water partition coefficient (Wildman–Crippen LogP) is 3.27. The van der Waals surface area contributed by atoms with Crippen LogP contribution in [0.2, 0.25) is 0 Å². The van der Waals surface area contributed by atoms with Gasteiger partial charge in [0.25, 0.3) is 5.56 Å². The monoisotopic (exact) mass is 413 g/mol. The summed E-state index contributed by atoms with van der Waals surface area (Å²) in [5.74, 6) is 0.814. The lowest BCUT2D eigenvalue weighted by molar-refractivity contribution is 0.241. The van der Waals surface area contributed by atoms with Crippen LogP contribution in [0.3, 0.4) is 0 Å². The minimum Gasteiger partial charge on any atom is -0.308 e. The summed E-state index contributed by atoms with van der Waals surface area (Å²) >= 11 is 0. The number of nitrogens with zero attached hydrogens (tertiary/aromatic N) is 5. The summed E-state index contributed by atoms with van der Waals surface area (Å²) in [6, 6.07) is 8.52. The summed E-state index contributed by atoms with van der Waals surface area (Å²) < 4.78 is 2.00. The van der Waals surface area contributed by atoms with Gasteiger partial charge in [-0.25, -0.2) is 9.97 Å². The van der Waals surface area contributed by atoms with E-state index in [-0.39, 0.29) is 5.56 Å². The second kappa shape index (κ2) is 7.68. The van der Waals surface area contributed by atoms with Gasteiger partial charge in [0.1, 0.15) is 0 Å². The van der Waals surface area contributed by atoms with E-state index in [4.69, 9.17) is 4.98 Å². The molecule has 31 heavy (non-hydrogen) atoms. The summed E-state index contributed by atoms with van der Waals surface area (Å²) in [6.45, 7) is 4.10. The van der Waals surface area contributed by atoms with Crippen molar-refractivity contribution >= 4 is 16.6 Å². The number of aryl methyl sites for hydroxylation is 2. The molecule has 3 aliphatic rings. The first-order valence-corrected chi connectivity index (χ1v) is 11.5. The molecular formula is C25H27N5O. The highest BCUT2D eigenvalue weighted by Crippen LogP contribution is 2.25. The first kappa shape index (κ1) is 18.9. The van der Waals surface area contributed by atoms with Gasteiger partial charge in [-0.3, -0.25) is 14.7 Å². The Morgan fingerprint density at radius 1 is 1.00 bits per heavy atom. The van der Waals surface area contributed by atoms with Gasteiger partial charge in [0.15, 0.2) is 5.82 Å². The van der Waals surface area contributed by atoms with Crippen LogP contribution in [0, 0.1) is 0 Å². The molecule has 0 unspecified atom stereocenters. The number of rotatable bonds is 3. The van der Waals surface area contributed by atoms with Crippen LogP contribution in [-0.2, 0) is 32.5 Å². The molecule has 0 radical (unpaired) electrons. The number of hydrogen-bond donors (Lipinski definition) is 0. The molecule has 6 rings (SSSR count). The molecule has 6 heteroatoms. The number of aromatic nitrogens is 3. The fourth-order valence-electron chi connectivity index (χ4n) is 5.31. The Hall–Kier alpha value is -2.86. The molecule has 5 heterocycles. The molecule has 3 aliphatic heterocycles. The average Bonchev–Trinajstić information content (AvgIpc) is 2.82. The Labute approximate surface area is 181 Å². The van der Waals surface area contributed by atoms with Crippen LogP contribution < -0.4 is 5.56 Å². The smallest absolute Gasteiger partial charge is 0.255 e. The van der Waals surface area contributed by atoms with Gasteiger partial charge in [-0.15, -0.1) is 0 Å². The van der Waals surface area contributed by atoms with E-state index >= 15 is 0 Å². The number of para-hydroxylation sites is 1. The second-order valence-corrected chi connectivity index (χ2v) is 9.00. The van der Waals surface area contributed by atoms with Crippen LogP contribution in [0.25, 0.3) is 10.9 Å². The molecule has 158 valence electrons. The Kier molecular flexibility index (Phi) is 4.68. The van der Waals surface area contributed by atoms with E-state index in [1.165, 1.54) is 29.4 Å². The van der Waals surface area contributed by atoms with Gasteiger partial charge in [-0.2, -0.15) is 0 Å². The molecule has 0 saturated carbocycles. The Morgan fingerprint density at radius 3 is 2.87 bits per heavy atom. The van der Waals surface area contributed by atoms with Gasteiger partial charge in [-0.05, 0) is 49.1 Å². The van der Waals surface area contributed by atoms with Crippen LogP contribution in [0.15, 0.2) is 40.2 Å². The maximum absolute atomic E-state index is 13.2. The van der Waals surface area contributed by atoms with Gasteiger partial charge in [0.05, 0.1) is 16.9 Å². The summed E-state index contributed by atoms with van der Waals surface area (Å²) in [6.07, 6.45) is 8.30. The standard InChI is InChI=1S/C25H27N5O/c31-25-19(13-18-6-3-5-17-7-4-11-30(25)23(17)18)15-29-12-9-21-20(16-29)14-27-24(28-21)22-8-1-2-10-26-22/h3,5-6,13-14H,1-2,4,7-12,15-16H2. The van der Waals surface area contributed by atoms with Crippen LogP contribution in [0.4, 0.5) is 0 Å². The Balaban J connectivity index is 1.27. The van der Waals surface area contributed by atoms with E-state index in [9.17, 15) is 4.79 Å². The third-order valence-corrected chi connectivity index (χ3v) is 6.89. The number of aliphatic imine (C=N–C) groups is 1. The van der Waals surface area contributed by atoms with Crippen LogP contribution in [0.5, 0.6) is 0 Å². The third kappa shape index (κ3) is 3.39. The van der Waals surface area contributed by atoms with Crippen molar-refractivity contribution in [2.45, 2.75) is 58.2 Å². The SMILES string of the molecule is O=c1c(CN2CCc3nc(C4=NCCCC4)ncc3C2)cc2cccc3c2n1CCC3. The zero-order valence-corrected chi connectivity index (χ0v) is 17.8. The van der Waals surface area contributed by atoms with E-state index in [0.717, 1.165) is 80.2 Å². The average molecular weight is 414 g/mol. The lowest BCUT2D eigenvalue weighted by atomic mass is 9.99. The first-order valence-electron chi connectivity index (χ1n) is 11.5. The normalized spacial score (nSPS) is 18.6. The summed E-state index contributed by atoms with van der Waals surface area (Å²) in [4.78, 5) is 29.7. The number of pyridine rings is 1. The zero-order valence-electron chi connectivity index (χ0n) is 17.8. The van der Waals surface area contributed by atoms with Crippen molar-refractivity contribution < 1.29 is 0 Å². The maximum Gasteiger partial charge on any atom is 0.255 e. The van der Waals surface area contributed by atoms with Gasteiger partial charge in [0, 0.05) is 56.5 Å². The topological polar surface area (TPSA) is 63.4 Å². The summed E-state index contributed by atoms with van der Waals surface area (Å²) in [5.41, 5.74) is 6.89. The largest absolute Gasteiger partial charge is 0.308 e. The number of benzene rings is 1. The molecule has 0 fully saturated rings. The van der Waals surface area contributed by atoms with E-state index in [2.05, 4.69) is 39.1 Å². The van der Waals surface area contributed by atoms with Crippen LogP contribution >= 0.6 is 0 Å². The molecule has 6 nitrogen and oxygen atoms in total. The lowest BCUT2D eigenvalue weighted by Gasteiger charge is -2.28. The molecule has 0 bridgehead atoms. The molecule has 0 saturated heterocycles. The molecule has 0 amide bonds. The molecule has 0 N–H and O–H groups in total. The quantitative estimate of drug-likeness (QED) is 0.661. The molecule has 0 aliphatic carbocycles. The van der Waals surface area contributed by atoms with Crippen molar-refractivity contribution in [2.75, 3.05) is 13.1 Å².